The summed E-state index contributed by atoms with van der Waals surface area (Å²) >= 11 is 0. The molecule has 0 radical (unpaired) electrons. The summed E-state index contributed by atoms with van der Waals surface area (Å²) in [4.78, 5) is 6.90. The van der Waals surface area contributed by atoms with Crippen LogP contribution in [0.25, 0.3) is 0 Å². The zero-order valence-electron chi connectivity index (χ0n) is 11.4. The maximum atomic E-state index is 9.18. The van der Waals surface area contributed by atoms with Crippen LogP contribution < -0.4 is 5.32 Å². The number of pyridine rings is 1. The van der Waals surface area contributed by atoms with Crippen molar-refractivity contribution in [3.05, 3.63) is 23.4 Å². The van der Waals surface area contributed by atoms with Crippen LogP contribution in [0.3, 0.4) is 0 Å². The molecule has 4 nitrogen and oxygen atoms in total. The van der Waals surface area contributed by atoms with Crippen LogP contribution in [0.2, 0.25) is 0 Å². The van der Waals surface area contributed by atoms with Crippen molar-refractivity contribution >= 4 is 5.82 Å². The summed E-state index contributed by atoms with van der Waals surface area (Å²) in [6.45, 7) is 5.32. The van der Waals surface area contributed by atoms with E-state index in [2.05, 4.69) is 21.3 Å². The minimum Gasteiger partial charge on any atom is -0.369 e. The fourth-order valence-electron chi connectivity index (χ4n) is 2.87. The molecular weight excluding hydrogens is 236 g/mol. The van der Waals surface area contributed by atoms with Gasteiger partial charge in [0.25, 0.3) is 0 Å². The van der Waals surface area contributed by atoms with E-state index in [0.29, 0.717) is 11.5 Å². The zero-order chi connectivity index (χ0) is 13.2. The van der Waals surface area contributed by atoms with Crippen LogP contribution in [0.1, 0.15) is 30.4 Å². The number of aryl methyl sites for hydroxylation is 1. The second kappa shape index (κ2) is 5.18. The first kappa shape index (κ1) is 12.4. The normalized spacial score (nSPS) is 23.3. The molecule has 1 aliphatic carbocycles. The van der Waals surface area contributed by atoms with Gasteiger partial charge in [-0.15, -0.1) is 0 Å². The van der Waals surface area contributed by atoms with Gasteiger partial charge in [-0.25, -0.2) is 4.98 Å². The van der Waals surface area contributed by atoms with E-state index in [1.54, 1.807) is 6.20 Å². The van der Waals surface area contributed by atoms with Gasteiger partial charge in [-0.3, -0.25) is 0 Å². The summed E-state index contributed by atoms with van der Waals surface area (Å²) in [6.07, 6.45) is 5.80. The fraction of sp³-hybridized carbons (Fsp3) is 0.600. The molecule has 19 heavy (non-hydrogen) atoms. The minimum atomic E-state index is 0.680. The van der Waals surface area contributed by atoms with Gasteiger partial charge in [0.1, 0.15) is 11.9 Å². The number of hydrogen-bond donors (Lipinski definition) is 1. The third kappa shape index (κ3) is 2.71. The molecule has 1 atom stereocenters. The lowest BCUT2D eigenvalue weighted by Crippen LogP contribution is -2.25. The molecule has 2 heterocycles. The molecule has 1 aliphatic heterocycles. The number of nitrogens with one attached hydrogen (secondary N) is 1. The largest absolute Gasteiger partial charge is 0.369 e. The van der Waals surface area contributed by atoms with Gasteiger partial charge >= 0.3 is 0 Å². The van der Waals surface area contributed by atoms with Crippen molar-refractivity contribution in [2.75, 3.05) is 25.0 Å². The number of nitrogens with zero attached hydrogens (tertiary/aromatic N) is 3. The average molecular weight is 256 g/mol. The van der Waals surface area contributed by atoms with Gasteiger partial charge in [0.2, 0.25) is 0 Å². The molecule has 3 rings (SSSR count). The number of aromatic nitrogens is 1. The van der Waals surface area contributed by atoms with E-state index >= 15 is 0 Å². The Balaban J connectivity index is 1.58. The molecule has 1 unspecified atom stereocenters. The summed E-state index contributed by atoms with van der Waals surface area (Å²) < 4.78 is 0. The van der Waals surface area contributed by atoms with Gasteiger partial charge < -0.3 is 10.2 Å². The molecule has 0 aromatic carbocycles. The average Bonchev–Trinajstić information content (AvgIpc) is 3.16. The topological polar surface area (TPSA) is 52.0 Å². The number of likely N-dealkylation sites (tertiary alicyclic amines) is 1. The first-order valence-electron chi connectivity index (χ1n) is 7.11. The van der Waals surface area contributed by atoms with E-state index in [0.717, 1.165) is 24.0 Å². The number of anilines is 1. The molecule has 0 amide bonds. The summed E-state index contributed by atoms with van der Waals surface area (Å²) in [5, 5.41) is 12.5. The highest BCUT2D eigenvalue weighted by atomic mass is 15.2. The van der Waals surface area contributed by atoms with Crippen LogP contribution in [0.5, 0.6) is 0 Å². The lowest BCUT2D eigenvalue weighted by atomic mass is 10.1. The molecule has 1 saturated heterocycles. The van der Waals surface area contributed by atoms with Crippen molar-refractivity contribution in [3.8, 4) is 6.07 Å². The Morgan fingerprint density at radius 2 is 2.32 bits per heavy atom. The van der Waals surface area contributed by atoms with Gasteiger partial charge in [-0.05, 0) is 50.3 Å². The maximum absolute atomic E-state index is 9.18. The van der Waals surface area contributed by atoms with Crippen LogP contribution >= 0.6 is 0 Å². The Bertz CT molecular complexity index is 501. The smallest absolute Gasteiger partial charge is 0.144 e. The highest BCUT2D eigenvalue weighted by Gasteiger charge is 2.34. The number of rotatable bonds is 4. The van der Waals surface area contributed by atoms with Crippen LogP contribution in [0.4, 0.5) is 5.82 Å². The van der Waals surface area contributed by atoms with Crippen molar-refractivity contribution < 1.29 is 0 Å². The number of hydrogen-bond acceptors (Lipinski definition) is 4. The fourth-order valence-corrected chi connectivity index (χ4v) is 2.87. The van der Waals surface area contributed by atoms with Gasteiger partial charge in [0, 0.05) is 25.3 Å². The van der Waals surface area contributed by atoms with E-state index in [9.17, 15) is 5.26 Å². The lowest BCUT2D eigenvalue weighted by molar-refractivity contribution is 0.316. The quantitative estimate of drug-likeness (QED) is 0.897. The Morgan fingerprint density at radius 3 is 3.05 bits per heavy atom. The minimum absolute atomic E-state index is 0.680. The van der Waals surface area contributed by atoms with E-state index in [1.165, 1.54) is 32.4 Å². The predicted octanol–water partition coefficient (Wildman–Crippen LogP) is 2.16. The molecule has 1 saturated carbocycles. The molecule has 0 spiro atoms. The van der Waals surface area contributed by atoms with E-state index < -0.39 is 0 Å². The maximum Gasteiger partial charge on any atom is 0.144 e. The Labute approximate surface area is 114 Å². The van der Waals surface area contributed by atoms with Crippen molar-refractivity contribution in [2.24, 2.45) is 5.92 Å². The summed E-state index contributed by atoms with van der Waals surface area (Å²) in [6, 6.07) is 5.00. The second-order valence-electron chi connectivity index (χ2n) is 5.72. The first-order chi connectivity index (χ1) is 9.28. The van der Waals surface area contributed by atoms with Gasteiger partial charge in [-0.1, -0.05) is 0 Å². The molecule has 2 aliphatic rings. The highest BCUT2D eigenvalue weighted by Crippen LogP contribution is 2.31. The Kier molecular flexibility index (Phi) is 3.39. The van der Waals surface area contributed by atoms with Crippen molar-refractivity contribution in [3.63, 3.8) is 0 Å². The van der Waals surface area contributed by atoms with Gasteiger partial charge in [0.05, 0.1) is 5.56 Å². The standard InChI is InChI=1S/C15H20N4/c1-11-4-6-17-15(14(11)8-16)18-9-12-5-7-19(10-12)13-2-3-13/h4,6,12-13H,2-3,5,7,9-10H2,1H3,(H,17,18). The molecule has 1 aromatic heterocycles. The van der Waals surface area contributed by atoms with Gasteiger partial charge in [0.15, 0.2) is 0 Å². The highest BCUT2D eigenvalue weighted by molar-refractivity contribution is 5.55. The van der Waals surface area contributed by atoms with Crippen molar-refractivity contribution in [2.45, 2.75) is 32.2 Å². The molecule has 0 bridgehead atoms. The monoisotopic (exact) mass is 256 g/mol. The van der Waals surface area contributed by atoms with Crippen molar-refractivity contribution in [1.29, 1.82) is 5.26 Å². The lowest BCUT2D eigenvalue weighted by Gasteiger charge is -2.16. The van der Waals surface area contributed by atoms with Crippen LogP contribution in [0, 0.1) is 24.2 Å². The summed E-state index contributed by atoms with van der Waals surface area (Å²) in [5.74, 6) is 1.43. The van der Waals surface area contributed by atoms with Gasteiger partial charge in [-0.2, -0.15) is 5.26 Å². The van der Waals surface area contributed by atoms with E-state index in [-0.39, 0.29) is 0 Å². The molecule has 2 fully saturated rings. The van der Waals surface area contributed by atoms with E-state index in [1.807, 2.05) is 13.0 Å². The molecule has 100 valence electrons. The predicted molar refractivity (Wildman–Crippen MR) is 74.9 cm³/mol. The second-order valence-corrected chi connectivity index (χ2v) is 5.72. The van der Waals surface area contributed by atoms with Crippen LogP contribution in [-0.2, 0) is 0 Å². The summed E-state index contributed by atoms with van der Waals surface area (Å²) in [7, 11) is 0. The summed E-state index contributed by atoms with van der Waals surface area (Å²) in [5.41, 5.74) is 1.67. The molecule has 4 heteroatoms. The first-order valence-corrected chi connectivity index (χ1v) is 7.11. The molecule has 1 N–H and O–H groups in total. The van der Waals surface area contributed by atoms with Crippen LogP contribution in [0.15, 0.2) is 12.3 Å². The Hall–Kier alpha value is -1.60. The third-order valence-corrected chi connectivity index (χ3v) is 4.21. The molecular formula is C15H20N4. The van der Waals surface area contributed by atoms with Crippen molar-refractivity contribution in [1.82, 2.24) is 9.88 Å². The third-order valence-electron chi connectivity index (χ3n) is 4.21. The zero-order valence-corrected chi connectivity index (χ0v) is 11.4. The Morgan fingerprint density at radius 1 is 1.47 bits per heavy atom. The SMILES string of the molecule is Cc1ccnc(NCC2CCN(C3CC3)C2)c1C#N. The van der Waals surface area contributed by atoms with E-state index in [4.69, 9.17) is 0 Å². The molecule has 1 aromatic rings. The van der Waals surface area contributed by atoms with Crippen LogP contribution in [-0.4, -0.2) is 35.6 Å². The number of nitriles is 1.